The van der Waals surface area contributed by atoms with Crippen LogP contribution < -0.4 is 4.74 Å². The standard InChI is InChI=1S/C23H24FN3O2/c1-17-13-25-23(27(17)14-18-5-3-2-4-6-18)19-11-12-26(15-19)22(28)16-29-21-9-7-20(24)8-10-21/h2-10,13,19H,11-12,14-16H2,1H3. The van der Waals surface area contributed by atoms with Crippen molar-refractivity contribution in [3.63, 3.8) is 0 Å². The minimum Gasteiger partial charge on any atom is -0.484 e. The number of carbonyl (C=O) groups is 1. The third-order valence-electron chi connectivity index (χ3n) is 5.35. The van der Waals surface area contributed by atoms with Crippen LogP contribution in [0.2, 0.25) is 0 Å². The van der Waals surface area contributed by atoms with Crippen molar-refractivity contribution in [1.29, 1.82) is 0 Å². The van der Waals surface area contributed by atoms with Crippen molar-refractivity contribution in [3.05, 3.63) is 83.7 Å². The lowest BCUT2D eigenvalue weighted by molar-refractivity contribution is -0.132. The largest absolute Gasteiger partial charge is 0.484 e. The fourth-order valence-electron chi connectivity index (χ4n) is 3.74. The van der Waals surface area contributed by atoms with Gasteiger partial charge in [0.2, 0.25) is 0 Å². The van der Waals surface area contributed by atoms with E-state index >= 15 is 0 Å². The molecule has 0 spiro atoms. The number of amides is 1. The Labute approximate surface area is 169 Å². The fraction of sp³-hybridized carbons (Fsp3) is 0.304. The average Bonchev–Trinajstić information content (AvgIpc) is 3.36. The lowest BCUT2D eigenvalue weighted by atomic mass is 10.1. The second kappa shape index (κ2) is 8.47. The van der Waals surface area contributed by atoms with Gasteiger partial charge >= 0.3 is 0 Å². The Bertz CT molecular complexity index is 970. The monoisotopic (exact) mass is 393 g/mol. The molecule has 1 atom stereocenters. The highest BCUT2D eigenvalue weighted by Crippen LogP contribution is 2.28. The van der Waals surface area contributed by atoms with Crippen molar-refractivity contribution < 1.29 is 13.9 Å². The molecule has 3 aromatic rings. The summed E-state index contributed by atoms with van der Waals surface area (Å²) >= 11 is 0. The van der Waals surface area contributed by atoms with Crippen LogP contribution in [0.3, 0.4) is 0 Å². The molecular weight excluding hydrogens is 369 g/mol. The van der Waals surface area contributed by atoms with Gasteiger partial charge < -0.3 is 14.2 Å². The van der Waals surface area contributed by atoms with Crippen LogP contribution in [0.15, 0.2) is 60.8 Å². The lowest BCUT2D eigenvalue weighted by Gasteiger charge is -2.18. The van der Waals surface area contributed by atoms with Crippen LogP contribution in [-0.2, 0) is 11.3 Å². The highest BCUT2D eigenvalue weighted by atomic mass is 19.1. The molecule has 0 N–H and O–H groups in total. The van der Waals surface area contributed by atoms with Crippen LogP contribution >= 0.6 is 0 Å². The van der Waals surface area contributed by atoms with Crippen LogP contribution in [0.25, 0.3) is 0 Å². The molecule has 5 nitrogen and oxygen atoms in total. The molecule has 0 radical (unpaired) electrons. The van der Waals surface area contributed by atoms with Crippen molar-refractivity contribution in [2.45, 2.75) is 25.8 Å². The summed E-state index contributed by atoms with van der Waals surface area (Å²) in [5.41, 5.74) is 2.35. The van der Waals surface area contributed by atoms with E-state index in [2.05, 4.69) is 28.6 Å². The summed E-state index contributed by atoms with van der Waals surface area (Å²) in [5, 5.41) is 0. The molecule has 4 rings (SSSR count). The predicted molar refractivity (Wildman–Crippen MR) is 108 cm³/mol. The maximum Gasteiger partial charge on any atom is 0.260 e. The van der Waals surface area contributed by atoms with Gasteiger partial charge in [-0.25, -0.2) is 9.37 Å². The number of hydrogen-bond donors (Lipinski definition) is 0. The molecule has 1 aromatic heterocycles. The van der Waals surface area contributed by atoms with E-state index in [-0.39, 0.29) is 24.2 Å². The summed E-state index contributed by atoms with van der Waals surface area (Å²) in [7, 11) is 0. The van der Waals surface area contributed by atoms with Gasteiger partial charge in [-0.1, -0.05) is 30.3 Å². The summed E-state index contributed by atoms with van der Waals surface area (Å²) in [6, 6.07) is 16.0. The fourth-order valence-corrected chi connectivity index (χ4v) is 3.74. The molecule has 0 aliphatic carbocycles. The number of benzene rings is 2. The van der Waals surface area contributed by atoms with E-state index in [4.69, 9.17) is 4.74 Å². The molecule has 0 bridgehead atoms. The third-order valence-corrected chi connectivity index (χ3v) is 5.35. The van der Waals surface area contributed by atoms with Gasteiger partial charge in [0.15, 0.2) is 6.61 Å². The van der Waals surface area contributed by atoms with Gasteiger partial charge in [0, 0.05) is 37.4 Å². The first-order chi connectivity index (χ1) is 14.1. The van der Waals surface area contributed by atoms with E-state index in [1.807, 2.05) is 29.3 Å². The molecule has 6 heteroatoms. The summed E-state index contributed by atoms with van der Waals surface area (Å²) in [4.78, 5) is 19.0. The Hall–Kier alpha value is -3.15. The highest BCUT2D eigenvalue weighted by molar-refractivity contribution is 5.78. The average molecular weight is 393 g/mol. The van der Waals surface area contributed by atoms with Crippen LogP contribution in [0, 0.1) is 12.7 Å². The Morgan fingerprint density at radius 2 is 1.93 bits per heavy atom. The first-order valence-electron chi connectivity index (χ1n) is 9.82. The third kappa shape index (κ3) is 4.47. The number of nitrogens with zero attached hydrogens (tertiary/aromatic N) is 3. The maximum atomic E-state index is 13.0. The zero-order valence-electron chi connectivity index (χ0n) is 16.4. The predicted octanol–water partition coefficient (Wildman–Crippen LogP) is 3.77. The molecule has 0 saturated carbocycles. The Balaban J connectivity index is 1.38. The summed E-state index contributed by atoms with van der Waals surface area (Å²) in [5.74, 6) is 1.34. The lowest BCUT2D eigenvalue weighted by Crippen LogP contribution is -2.33. The van der Waals surface area contributed by atoms with Crippen molar-refractivity contribution in [1.82, 2.24) is 14.5 Å². The number of aryl methyl sites for hydroxylation is 1. The smallest absolute Gasteiger partial charge is 0.260 e. The zero-order chi connectivity index (χ0) is 20.2. The van der Waals surface area contributed by atoms with E-state index in [1.54, 1.807) is 0 Å². The second-order valence-electron chi connectivity index (χ2n) is 7.40. The van der Waals surface area contributed by atoms with Gasteiger partial charge in [-0.3, -0.25) is 4.79 Å². The molecule has 1 saturated heterocycles. The van der Waals surface area contributed by atoms with Gasteiger partial charge in [0.1, 0.15) is 17.4 Å². The molecule has 1 unspecified atom stereocenters. The number of imidazole rings is 1. The van der Waals surface area contributed by atoms with Crippen molar-refractivity contribution in [2.24, 2.45) is 0 Å². The van der Waals surface area contributed by atoms with Gasteiger partial charge in [-0.15, -0.1) is 0 Å². The summed E-state index contributed by atoms with van der Waals surface area (Å²) < 4.78 is 20.7. The first kappa shape index (κ1) is 19.2. The van der Waals surface area contributed by atoms with Crippen LogP contribution in [-0.4, -0.2) is 40.1 Å². The number of carbonyl (C=O) groups excluding carboxylic acids is 1. The molecule has 29 heavy (non-hydrogen) atoms. The van der Waals surface area contributed by atoms with E-state index in [0.717, 1.165) is 24.5 Å². The van der Waals surface area contributed by atoms with Gasteiger partial charge in [0.25, 0.3) is 5.91 Å². The zero-order valence-corrected chi connectivity index (χ0v) is 16.4. The first-order valence-corrected chi connectivity index (χ1v) is 9.82. The van der Waals surface area contributed by atoms with Gasteiger partial charge in [-0.2, -0.15) is 0 Å². The van der Waals surface area contributed by atoms with Gasteiger partial charge in [0.05, 0.1) is 0 Å². The van der Waals surface area contributed by atoms with Crippen molar-refractivity contribution in [2.75, 3.05) is 19.7 Å². The number of likely N-dealkylation sites (tertiary alicyclic amines) is 1. The molecule has 1 aliphatic rings. The molecule has 150 valence electrons. The van der Waals surface area contributed by atoms with Crippen LogP contribution in [0.1, 0.15) is 29.4 Å². The highest BCUT2D eigenvalue weighted by Gasteiger charge is 2.30. The van der Waals surface area contributed by atoms with E-state index in [9.17, 15) is 9.18 Å². The molecule has 2 aromatic carbocycles. The normalized spacial score (nSPS) is 16.2. The van der Waals surface area contributed by atoms with Crippen molar-refractivity contribution in [3.8, 4) is 5.75 Å². The molecule has 1 amide bonds. The minimum absolute atomic E-state index is 0.0458. The number of ether oxygens (including phenoxy) is 1. The summed E-state index contributed by atoms with van der Waals surface area (Å²) in [6.45, 7) is 4.12. The minimum atomic E-state index is -0.327. The Morgan fingerprint density at radius 1 is 1.17 bits per heavy atom. The van der Waals surface area contributed by atoms with Gasteiger partial charge in [-0.05, 0) is 43.2 Å². The van der Waals surface area contributed by atoms with Crippen molar-refractivity contribution >= 4 is 5.91 Å². The second-order valence-corrected chi connectivity index (χ2v) is 7.40. The number of hydrogen-bond acceptors (Lipinski definition) is 3. The van der Waals surface area contributed by atoms with E-state index in [0.29, 0.717) is 18.8 Å². The Morgan fingerprint density at radius 3 is 2.69 bits per heavy atom. The number of aromatic nitrogens is 2. The molecule has 1 aliphatic heterocycles. The number of halogens is 1. The topological polar surface area (TPSA) is 47.4 Å². The Kier molecular flexibility index (Phi) is 5.60. The van der Waals surface area contributed by atoms with Crippen LogP contribution in [0.5, 0.6) is 5.75 Å². The SMILES string of the molecule is Cc1cnc(C2CCN(C(=O)COc3ccc(F)cc3)C2)n1Cc1ccccc1. The van der Waals surface area contributed by atoms with E-state index < -0.39 is 0 Å². The summed E-state index contributed by atoms with van der Waals surface area (Å²) in [6.07, 6.45) is 2.79. The molecule has 2 heterocycles. The quantitative estimate of drug-likeness (QED) is 0.640. The maximum absolute atomic E-state index is 13.0. The molecular formula is C23H24FN3O2. The molecule has 1 fully saturated rings. The van der Waals surface area contributed by atoms with E-state index in [1.165, 1.54) is 29.8 Å². The number of rotatable bonds is 6. The van der Waals surface area contributed by atoms with Crippen LogP contribution in [0.4, 0.5) is 4.39 Å².